The molecular formula is C17H37N3. The summed E-state index contributed by atoms with van der Waals surface area (Å²) in [7, 11) is 4.38. The SMILES string of the molecule is CC(C)CNCC(C)C(C)N1CCC(CN(C)C)CC1. The maximum absolute atomic E-state index is 3.61. The van der Waals surface area contributed by atoms with E-state index in [1.807, 2.05) is 0 Å². The molecule has 1 fully saturated rings. The first kappa shape index (κ1) is 17.9. The Labute approximate surface area is 127 Å². The molecule has 1 aliphatic rings. The van der Waals surface area contributed by atoms with Gasteiger partial charge in [-0.15, -0.1) is 0 Å². The molecule has 1 rings (SSSR count). The summed E-state index contributed by atoms with van der Waals surface area (Å²) in [5.41, 5.74) is 0. The van der Waals surface area contributed by atoms with Crippen molar-refractivity contribution in [1.82, 2.24) is 15.1 Å². The Hall–Kier alpha value is -0.120. The molecule has 0 aliphatic carbocycles. The highest BCUT2D eigenvalue weighted by Crippen LogP contribution is 2.22. The number of piperidine rings is 1. The van der Waals surface area contributed by atoms with Gasteiger partial charge in [-0.25, -0.2) is 0 Å². The van der Waals surface area contributed by atoms with E-state index in [9.17, 15) is 0 Å². The van der Waals surface area contributed by atoms with Crippen LogP contribution in [0.15, 0.2) is 0 Å². The number of rotatable bonds is 8. The molecule has 0 bridgehead atoms. The van der Waals surface area contributed by atoms with Crippen LogP contribution in [0.25, 0.3) is 0 Å². The molecule has 0 aromatic rings. The third kappa shape index (κ3) is 6.55. The summed E-state index contributed by atoms with van der Waals surface area (Å²) in [6, 6.07) is 0.704. The van der Waals surface area contributed by atoms with Crippen LogP contribution in [-0.4, -0.2) is 62.7 Å². The van der Waals surface area contributed by atoms with Crippen molar-refractivity contribution in [2.75, 3.05) is 46.8 Å². The quantitative estimate of drug-likeness (QED) is 0.738. The highest BCUT2D eigenvalue weighted by Gasteiger charge is 2.25. The predicted molar refractivity (Wildman–Crippen MR) is 89.2 cm³/mol. The number of likely N-dealkylation sites (tertiary alicyclic amines) is 1. The zero-order chi connectivity index (χ0) is 15.1. The lowest BCUT2D eigenvalue weighted by atomic mass is 9.93. The molecule has 1 saturated heterocycles. The molecule has 0 radical (unpaired) electrons. The Bertz CT molecular complexity index is 245. The Kier molecular flexibility index (Phi) is 8.08. The third-order valence-corrected chi connectivity index (χ3v) is 4.69. The van der Waals surface area contributed by atoms with E-state index in [4.69, 9.17) is 0 Å². The average molecular weight is 284 g/mol. The molecule has 0 aromatic heterocycles. The zero-order valence-corrected chi connectivity index (χ0v) is 14.7. The van der Waals surface area contributed by atoms with Gasteiger partial charge in [-0.05, 0) is 77.8 Å². The Balaban J connectivity index is 2.25. The average Bonchev–Trinajstić information content (AvgIpc) is 2.37. The lowest BCUT2D eigenvalue weighted by Crippen LogP contribution is -2.46. The predicted octanol–water partition coefficient (Wildman–Crippen LogP) is 2.53. The Morgan fingerprint density at radius 2 is 1.65 bits per heavy atom. The minimum atomic E-state index is 0.704. The topological polar surface area (TPSA) is 18.5 Å². The second kappa shape index (κ2) is 9.01. The maximum atomic E-state index is 3.61. The zero-order valence-electron chi connectivity index (χ0n) is 14.7. The smallest absolute Gasteiger partial charge is 0.0105 e. The van der Waals surface area contributed by atoms with Crippen LogP contribution in [0, 0.1) is 17.8 Å². The van der Waals surface area contributed by atoms with Crippen LogP contribution in [-0.2, 0) is 0 Å². The van der Waals surface area contributed by atoms with Crippen molar-refractivity contribution in [1.29, 1.82) is 0 Å². The number of nitrogens with zero attached hydrogens (tertiary/aromatic N) is 2. The summed E-state index contributed by atoms with van der Waals surface area (Å²) in [6.45, 7) is 15.5. The first-order chi connectivity index (χ1) is 9.40. The van der Waals surface area contributed by atoms with Gasteiger partial charge in [-0.2, -0.15) is 0 Å². The number of hydrogen-bond donors (Lipinski definition) is 1. The molecular weight excluding hydrogens is 246 g/mol. The van der Waals surface area contributed by atoms with Gasteiger partial charge in [0.2, 0.25) is 0 Å². The molecule has 0 spiro atoms. The third-order valence-electron chi connectivity index (χ3n) is 4.69. The molecule has 2 unspecified atom stereocenters. The van der Waals surface area contributed by atoms with Crippen LogP contribution >= 0.6 is 0 Å². The minimum absolute atomic E-state index is 0.704. The fraction of sp³-hybridized carbons (Fsp3) is 1.00. The van der Waals surface area contributed by atoms with Crippen molar-refractivity contribution < 1.29 is 0 Å². The minimum Gasteiger partial charge on any atom is -0.316 e. The lowest BCUT2D eigenvalue weighted by molar-refractivity contribution is 0.0997. The van der Waals surface area contributed by atoms with Gasteiger partial charge in [0.1, 0.15) is 0 Å². The van der Waals surface area contributed by atoms with Crippen LogP contribution in [0.2, 0.25) is 0 Å². The van der Waals surface area contributed by atoms with Crippen molar-refractivity contribution in [2.45, 2.75) is 46.6 Å². The van der Waals surface area contributed by atoms with Crippen molar-refractivity contribution in [3.8, 4) is 0 Å². The number of nitrogens with one attached hydrogen (secondary N) is 1. The Morgan fingerprint density at radius 1 is 1.05 bits per heavy atom. The Morgan fingerprint density at radius 3 is 2.15 bits per heavy atom. The molecule has 0 aromatic carbocycles. The van der Waals surface area contributed by atoms with Crippen LogP contribution in [0.5, 0.6) is 0 Å². The fourth-order valence-corrected chi connectivity index (χ4v) is 3.19. The van der Waals surface area contributed by atoms with Gasteiger partial charge in [0, 0.05) is 12.6 Å². The van der Waals surface area contributed by atoms with Crippen molar-refractivity contribution in [3.05, 3.63) is 0 Å². The highest BCUT2D eigenvalue weighted by atomic mass is 15.2. The molecule has 120 valence electrons. The monoisotopic (exact) mass is 283 g/mol. The standard InChI is InChI=1S/C17H37N3/c1-14(2)11-18-12-15(3)16(4)20-9-7-17(8-10-20)13-19(5)6/h14-18H,7-13H2,1-6H3. The fourth-order valence-electron chi connectivity index (χ4n) is 3.19. The van der Waals surface area contributed by atoms with E-state index in [1.54, 1.807) is 0 Å². The summed E-state index contributed by atoms with van der Waals surface area (Å²) in [6.07, 6.45) is 2.74. The van der Waals surface area contributed by atoms with E-state index in [-0.39, 0.29) is 0 Å². The summed E-state index contributed by atoms with van der Waals surface area (Å²) in [4.78, 5) is 5.04. The van der Waals surface area contributed by atoms with Crippen molar-refractivity contribution in [3.63, 3.8) is 0 Å². The van der Waals surface area contributed by atoms with Gasteiger partial charge in [-0.1, -0.05) is 20.8 Å². The molecule has 2 atom stereocenters. The molecule has 20 heavy (non-hydrogen) atoms. The van der Waals surface area contributed by atoms with E-state index in [1.165, 1.54) is 32.5 Å². The van der Waals surface area contributed by atoms with E-state index in [2.05, 4.69) is 56.9 Å². The van der Waals surface area contributed by atoms with E-state index in [0.717, 1.165) is 30.8 Å². The normalized spacial score (nSPS) is 21.6. The maximum Gasteiger partial charge on any atom is 0.0105 e. The van der Waals surface area contributed by atoms with Crippen LogP contribution < -0.4 is 5.32 Å². The van der Waals surface area contributed by atoms with E-state index >= 15 is 0 Å². The van der Waals surface area contributed by atoms with Crippen molar-refractivity contribution >= 4 is 0 Å². The molecule has 3 nitrogen and oxygen atoms in total. The lowest BCUT2D eigenvalue weighted by Gasteiger charge is -2.39. The highest BCUT2D eigenvalue weighted by molar-refractivity contribution is 4.80. The largest absolute Gasteiger partial charge is 0.316 e. The van der Waals surface area contributed by atoms with Gasteiger partial charge >= 0.3 is 0 Å². The van der Waals surface area contributed by atoms with Crippen LogP contribution in [0.4, 0.5) is 0 Å². The van der Waals surface area contributed by atoms with Crippen LogP contribution in [0.1, 0.15) is 40.5 Å². The molecule has 0 saturated carbocycles. The first-order valence-electron chi connectivity index (χ1n) is 8.49. The second-order valence-electron chi connectivity index (χ2n) is 7.51. The van der Waals surface area contributed by atoms with Crippen LogP contribution in [0.3, 0.4) is 0 Å². The second-order valence-corrected chi connectivity index (χ2v) is 7.51. The summed E-state index contributed by atoms with van der Waals surface area (Å²) in [5.74, 6) is 2.39. The molecule has 3 heteroatoms. The van der Waals surface area contributed by atoms with Crippen molar-refractivity contribution in [2.24, 2.45) is 17.8 Å². The van der Waals surface area contributed by atoms with Gasteiger partial charge in [0.15, 0.2) is 0 Å². The summed E-state index contributed by atoms with van der Waals surface area (Å²) >= 11 is 0. The molecule has 1 N–H and O–H groups in total. The first-order valence-corrected chi connectivity index (χ1v) is 8.49. The molecule has 0 amide bonds. The summed E-state index contributed by atoms with van der Waals surface area (Å²) in [5, 5.41) is 3.61. The summed E-state index contributed by atoms with van der Waals surface area (Å²) < 4.78 is 0. The molecule has 1 heterocycles. The van der Waals surface area contributed by atoms with E-state index < -0.39 is 0 Å². The van der Waals surface area contributed by atoms with Gasteiger partial charge in [0.05, 0.1) is 0 Å². The van der Waals surface area contributed by atoms with Gasteiger partial charge in [0.25, 0.3) is 0 Å². The van der Waals surface area contributed by atoms with Gasteiger partial charge < -0.3 is 15.1 Å². The van der Waals surface area contributed by atoms with E-state index in [0.29, 0.717) is 6.04 Å². The molecule has 1 aliphatic heterocycles. The van der Waals surface area contributed by atoms with Gasteiger partial charge in [-0.3, -0.25) is 0 Å². The number of hydrogen-bond acceptors (Lipinski definition) is 3.